The molecule has 0 amide bonds. The van der Waals surface area contributed by atoms with E-state index in [4.69, 9.17) is 0 Å². The molecular formula is C54H37NS. The highest BCUT2D eigenvalue weighted by Gasteiger charge is 2.23. The van der Waals surface area contributed by atoms with Gasteiger partial charge in [0.1, 0.15) is 0 Å². The van der Waals surface area contributed by atoms with Crippen LogP contribution in [0, 0.1) is 0 Å². The summed E-state index contributed by atoms with van der Waals surface area (Å²) in [6, 6.07) is 81.5. The normalized spacial score (nSPS) is 11.2. The summed E-state index contributed by atoms with van der Waals surface area (Å²) in [5, 5.41) is 2.56. The van der Waals surface area contributed by atoms with E-state index in [9.17, 15) is 0 Å². The summed E-state index contributed by atoms with van der Waals surface area (Å²) in [6.07, 6.45) is 0. The van der Waals surface area contributed by atoms with Gasteiger partial charge in [0.2, 0.25) is 0 Å². The summed E-state index contributed by atoms with van der Waals surface area (Å²) in [6.45, 7) is 0. The predicted octanol–water partition coefficient (Wildman–Crippen LogP) is 15.9. The van der Waals surface area contributed by atoms with Crippen LogP contribution < -0.4 is 4.90 Å². The van der Waals surface area contributed by atoms with Crippen LogP contribution in [0.2, 0.25) is 0 Å². The van der Waals surface area contributed by atoms with E-state index in [0.29, 0.717) is 0 Å². The fourth-order valence-corrected chi connectivity index (χ4v) is 9.05. The minimum atomic E-state index is 1.09. The maximum absolute atomic E-state index is 2.47. The molecule has 10 aromatic rings. The van der Waals surface area contributed by atoms with Crippen molar-refractivity contribution in [2.75, 3.05) is 4.90 Å². The smallest absolute Gasteiger partial charge is 0.0547 e. The molecule has 0 aliphatic rings. The van der Waals surface area contributed by atoms with Crippen molar-refractivity contribution in [3.63, 3.8) is 0 Å². The lowest BCUT2D eigenvalue weighted by Crippen LogP contribution is -2.12. The molecule has 264 valence electrons. The van der Waals surface area contributed by atoms with Crippen LogP contribution in [0.15, 0.2) is 224 Å². The van der Waals surface area contributed by atoms with Crippen molar-refractivity contribution in [2.45, 2.75) is 0 Å². The molecule has 10 rings (SSSR count). The Morgan fingerprint density at radius 1 is 0.286 bits per heavy atom. The number of benzene rings is 9. The van der Waals surface area contributed by atoms with Crippen LogP contribution >= 0.6 is 11.3 Å². The van der Waals surface area contributed by atoms with Crippen LogP contribution in [0.25, 0.3) is 75.8 Å². The fourth-order valence-electron chi connectivity index (χ4n) is 7.94. The average Bonchev–Trinajstić information content (AvgIpc) is 3.67. The van der Waals surface area contributed by atoms with Gasteiger partial charge in [0.15, 0.2) is 0 Å². The Morgan fingerprint density at radius 3 is 1.25 bits per heavy atom. The van der Waals surface area contributed by atoms with Crippen LogP contribution in [-0.2, 0) is 0 Å². The summed E-state index contributed by atoms with van der Waals surface area (Å²) in [7, 11) is 0. The third kappa shape index (κ3) is 6.36. The minimum absolute atomic E-state index is 1.09. The van der Waals surface area contributed by atoms with E-state index in [1.165, 1.54) is 75.8 Å². The summed E-state index contributed by atoms with van der Waals surface area (Å²) < 4.78 is 2.57. The molecule has 1 heterocycles. The van der Waals surface area contributed by atoms with Crippen LogP contribution in [0.3, 0.4) is 0 Å². The summed E-state index contributed by atoms with van der Waals surface area (Å²) in [5.74, 6) is 0. The Labute approximate surface area is 332 Å². The summed E-state index contributed by atoms with van der Waals surface area (Å²) >= 11 is 1.86. The molecule has 0 spiro atoms. The second kappa shape index (κ2) is 14.7. The lowest BCUT2D eigenvalue weighted by Gasteiger charge is -2.30. The van der Waals surface area contributed by atoms with Gasteiger partial charge in [-0.1, -0.05) is 176 Å². The number of hydrogen-bond acceptors (Lipinski definition) is 2. The number of thiophene rings is 1. The quantitative estimate of drug-likeness (QED) is 0.150. The van der Waals surface area contributed by atoms with Crippen molar-refractivity contribution in [1.82, 2.24) is 0 Å². The number of anilines is 3. The maximum Gasteiger partial charge on any atom is 0.0547 e. The zero-order valence-corrected chi connectivity index (χ0v) is 31.5. The zero-order chi connectivity index (χ0) is 37.3. The Bertz CT molecular complexity index is 2860. The molecule has 56 heavy (non-hydrogen) atoms. The lowest BCUT2D eigenvalue weighted by molar-refractivity contribution is 1.29. The Kier molecular flexibility index (Phi) is 8.79. The zero-order valence-electron chi connectivity index (χ0n) is 30.7. The van der Waals surface area contributed by atoms with Crippen molar-refractivity contribution in [3.05, 3.63) is 224 Å². The van der Waals surface area contributed by atoms with Crippen molar-refractivity contribution in [3.8, 4) is 55.6 Å². The molecule has 0 radical (unpaired) electrons. The van der Waals surface area contributed by atoms with Crippen LogP contribution in [0.4, 0.5) is 17.1 Å². The predicted molar refractivity (Wildman–Crippen MR) is 241 cm³/mol. The number of rotatable bonds is 8. The van der Waals surface area contributed by atoms with Gasteiger partial charge in [-0.15, -0.1) is 11.3 Å². The molecule has 2 heteroatoms. The Hall–Kier alpha value is -7.00. The van der Waals surface area contributed by atoms with Crippen LogP contribution in [0.1, 0.15) is 0 Å². The van der Waals surface area contributed by atoms with E-state index in [-0.39, 0.29) is 0 Å². The van der Waals surface area contributed by atoms with Crippen molar-refractivity contribution in [1.29, 1.82) is 0 Å². The molecule has 0 unspecified atom stereocenters. The van der Waals surface area contributed by atoms with E-state index in [1.54, 1.807) is 0 Å². The lowest BCUT2D eigenvalue weighted by atomic mass is 9.93. The van der Waals surface area contributed by atoms with Gasteiger partial charge in [0.25, 0.3) is 0 Å². The molecule has 0 atom stereocenters. The third-order valence-corrected chi connectivity index (χ3v) is 11.8. The first-order valence-corrected chi connectivity index (χ1v) is 19.9. The van der Waals surface area contributed by atoms with Gasteiger partial charge in [-0.25, -0.2) is 0 Å². The van der Waals surface area contributed by atoms with Gasteiger partial charge in [0, 0.05) is 37.1 Å². The van der Waals surface area contributed by atoms with Gasteiger partial charge >= 0.3 is 0 Å². The summed E-state index contributed by atoms with van der Waals surface area (Å²) in [5.41, 5.74) is 15.2. The van der Waals surface area contributed by atoms with Crippen molar-refractivity contribution >= 4 is 48.6 Å². The van der Waals surface area contributed by atoms with Gasteiger partial charge in [-0.2, -0.15) is 0 Å². The van der Waals surface area contributed by atoms with Crippen molar-refractivity contribution in [2.24, 2.45) is 0 Å². The highest BCUT2D eigenvalue weighted by Crippen LogP contribution is 2.49. The molecule has 0 bridgehead atoms. The van der Waals surface area contributed by atoms with Crippen molar-refractivity contribution < 1.29 is 0 Å². The first-order chi connectivity index (χ1) is 27.8. The summed E-state index contributed by atoms with van der Waals surface area (Å²) in [4.78, 5) is 2.47. The van der Waals surface area contributed by atoms with Gasteiger partial charge in [-0.05, 0) is 98.6 Å². The second-order valence-electron chi connectivity index (χ2n) is 14.1. The molecule has 0 aliphatic heterocycles. The van der Waals surface area contributed by atoms with Gasteiger partial charge < -0.3 is 4.90 Å². The van der Waals surface area contributed by atoms with E-state index in [2.05, 4.69) is 229 Å². The largest absolute Gasteiger partial charge is 0.310 e. The number of nitrogens with zero attached hydrogens (tertiary/aromatic N) is 1. The maximum atomic E-state index is 2.47. The molecule has 0 N–H and O–H groups in total. The molecule has 0 saturated carbocycles. The highest BCUT2D eigenvalue weighted by molar-refractivity contribution is 7.26. The number of hydrogen-bond donors (Lipinski definition) is 0. The fraction of sp³-hybridized carbons (Fsp3) is 0. The molecule has 0 fully saturated rings. The molecule has 1 nitrogen and oxygen atoms in total. The van der Waals surface area contributed by atoms with E-state index < -0.39 is 0 Å². The SMILES string of the molecule is c1ccc(-c2ccc(-c3c(N(c4ccc(-c5ccccc5)cc4)c4cc(-c5ccccc5)cc(-c5ccccc5)c4)ccc4sc5ccccc5c34)cc2)cc1. The molecule has 9 aromatic carbocycles. The topological polar surface area (TPSA) is 3.24 Å². The number of fused-ring (bicyclic) bond motifs is 3. The second-order valence-corrected chi connectivity index (χ2v) is 15.2. The first kappa shape index (κ1) is 33.6. The first-order valence-electron chi connectivity index (χ1n) is 19.1. The van der Waals surface area contributed by atoms with Crippen LogP contribution in [-0.4, -0.2) is 0 Å². The standard InChI is InChI=1S/C54H37NS/c1-5-15-38(16-6-1)42-25-27-44(28-26-42)53-50(33-34-52-54(53)49-23-13-14-24-51(49)56-52)55(47-31-29-43(30-32-47)39-17-7-2-8-18-39)48-36-45(40-19-9-3-10-20-40)35-46(37-48)41-21-11-4-12-22-41/h1-37H. The molecule has 0 aliphatic carbocycles. The van der Waals surface area contributed by atoms with E-state index >= 15 is 0 Å². The molecule has 0 saturated heterocycles. The highest BCUT2D eigenvalue weighted by atomic mass is 32.1. The van der Waals surface area contributed by atoms with Gasteiger partial charge in [0.05, 0.1) is 5.69 Å². The van der Waals surface area contributed by atoms with E-state index in [0.717, 1.165) is 17.1 Å². The monoisotopic (exact) mass is 731 g/mol. The third-order valence-electron chi connectivity index (χ3n) is 10.7. The van der Waals surface area contributed by atoms with Crippen LogP contribution in [0.5, 0.6) is 0 Å². The average molecular weight is 732 g/mol. The van der Waals surface area contributed by atoms with Gasteiger partial charge in [-0.3, -0.25) is 0 Å². The van der Waals surface area contributed by atoms with E-state index in [1.807, 2.05) is 11.3 Å². The Balaban J connectivity index is 1.25. The Morgan fingerprint density at radius 2 is 0.714 bits per heavy atom. The molecular weight excluding hydrogens is 695 g/mol. The molecule has 1 aromatic heterocycles. The minimum Gasteiger partial charge on any atom is -0.310 e.